The number of benzene rings is 4. The summed E-state index contributed by atoms with van der Waals surface area (Å²) in [5.74, 6) is -17.9. The number of unbranched alkanes of at least 4 members (excludes halogenated alkanes) is 2. The number of primary amides is 2. The Morgan fingerprint density at radius 1 is 0.571 bits per heavy atom. The standard InChI is InChI=1S/C95H133N23O21S/c1-10-12-25-73-87(131)106-64(24-18-36-101-95(99)100)83(127)113-72(82(126)103-46-78(98)123)49-140-50-79(124)104-67(39-53-28-32-56(120)33-29-53)90(134)114(6)52(5)81(125)108-69(43-77(97)122)92(136)117-37-19-27-74(117)88(132)111-70(44-96)85(129)109-66(38-51(3)4)93(137)118-47-57(121)41-76(118)89(133)107-65(40-55-45-102-62-22-16-14-20-59(55)62)84(128)112-71(48-119)86(130)110-68(91(135)116(8)75(26-13-11-2)94(138)115(73)7)42-61-60-21-15-17-23-63(60)105-80(61)54-30-34-58(139-9)35-31-54/h14-17,20-23,28-35,45,51-52,57,64-76,102,105,119-121H,10-13,18-19,24-27,36-44,46-50,96H2,1-9H3,(H2,97,122)(H2,98,123)(H,103,126)(H,104,124)(H,106,131)(H,107,133)(H,108,125)(H,109,129)(H,110,130)(H,111,132)(H,112,128)(H,113,127)(H4,99,100,101)/t52-,57+,64?,65-,66-,67-,68-,69-,70-,71-,72-,73-,74-,75-,76?/m0/s1. The number of aliphatic hydroxyl groups excluding tert-OH is 2. The van der Waals surface area contributed by atoms with E-state index in [1.54, 1.807) is 92.8 Å². The molecule has 0 bridgehead atoms. The molecule has 5 heterocycles. The number of carbonyl (C=O) groups is 17. The monoisotopic (exact) mass is 1960 g/mol. The van der Waals surface area contributed by atoms with Gasteiger partial charge in [-0.1, -0.05) is 102 Å². The number of phenolic OH excluding ortho intramolecular Hbond substituents is 1. The third-order valence-corrected chi connectivity index (χ3v) is 26.1. The molecule has 9 rings (SSSR count). The van der Waals surface area contributed by atoms with Crippen LogP contribution >= 0.6 is 11.8 Å². The fourth-order valence-electron chi connectivity index (χ4n) is 17.3. The van der Waals surface area contributed by atoms with E-state index in [-0.39, 0.29) is 89.0 Å². The second kappa shape index (κ2) is 52.2. The summed E-state index contributed by atoms with van der Waals surface area (Å²) in [5.41, 5.74) is 26.7. The van der Waals surface area contributed by atoms with Crippen molar-refractivity contribution in [1.82, 2.24) is 93.0 Å². The van der Waals surface area contributed by atoms with E-state index in [0.717, 1.165) is 36.3 Å². The largest absolute Gasteiger partial charge is 0.508 e. The Morgan fingerprint density at radius 3 is 1.79 bits per heavy atom. The molecule has 140 heavy (non-hydrogen) atoms. The summed E-state index contributed by atoms with van der Waals surface area (Å²) in [4.78, 5) is 263. The number of para-hydroxylation sites is 2. The second-order valence-corrected chi connectivity index (χ2v) is 36.9. The summed E-state index contributed by atoms with van der Waals surface area (Å²) in [5, 5.41) is 71.1. The van der Waals surface area contributed by atoms with Crippen LogP contribution in [0.2, 0.25) is 0 Å². The van der Waals surface area contributed by atoms with Crippen LogP contribution in [0.5, 0.6) is 11.5 Å². The van der Waals surface area contributed by atoms with E-state index >= 15 is 38.4 Å². The van der Waals surface area contributed by atoms with Crippen molar-refractivity contribution >= 4 is 140 Å². The van der Waals surface area contributed by atoms with Gasteiger partial charge in [-0.3, -0.25) is 86.9 Å². The van der Waals surface area contributed by atoms with Gasteiger partial charge in [0.1, 0.15) is 96.1 Å². The zero-order valence-electron chi connectivity index (χ0n) is 80.2. The number of guanidine groups is 1. The molecule has 17 amide bonds. The number of ether oxygens (including phenoxy) is 1. The van der Waals surface area contributed by atoms with E-state index in [1.807, 2.05) is 13.8 Å². The highest BCUT2D eigenvalue weighted by Gasteiger charge is 2.47. The molecule has 0 aliphatic carbocycles. The number of hydrogen-bond acceptors (Lipinski definition) is 24. The van der Waals surface area contributed by atoms with Gasteiger partial charge >= 0.3 is 0 Å². The van der Waals surface area contributed by atoms with Gasteiger partial charge in [0.05, 0.1) is 38.5 Å². The van der Waals surface area contributed by atoms with E-state index in [1.165, 1.54) is 59.4 Å². The van der Waals surface area contributed by atoms with Crippen molar-refractivity contribution in [3.8, 4) is 22.8 Å². The number of aromatic hydroxyl groups is 1. The number of nitrogens with one attached hydrogen (secondary N) is 14. The van der Waals surface area contributed by atoms with Gasteiger partial charge in [0.2, 0.25) is 100 Å². The topological polar surface area (TPSA) is 668 Å². The number of fused-ring (bicyclic) bond motifs is 4. The minimum absolute atomic E-state index is 0.0215. The van der Waals surface area contributed by atoms with Gasteiger partial charge in [-0.2, -0.15) is 0 Å². The highest BCUT2D eigenvalue weighted by molar-refractivity contribution is 8.00. The zero-order chi connectivity index (χ0) is 102. The maximum absolute atomic E-state index is 16.2. The third kappa shape index (κ3) is 29.8. The van der Waals surface area contributed by atoms with E-state index in [0.29, 0.717) is 81.2 Å². The predicted octanol–water partition coefficient (Wildman–Crippen LogP) is -2.26. The van der Waals surface area contributed by atoms with Gasteiger partial charge in [0, 0.05) is 112 Å². The lowest BCUT2D eigenvalue weighted by atomic mass is 9.96. The molecule has 3 saturated heterocycles. The van der Waals surface area contributed by atoms with Gasteiger partial charge in [0.15, 0.2) is 5.96 Å². The summed E-state index contributed by atoms with van der Waals surface area (Å²) in [6, 6.07) is 4.37. The minimum atomic E-state index is -1.94. The lowest BCUT2D eigenvalue weighted by Gasteiger charge is -2.36. The number of H-pyrrole nitrogens is 2. The fraction of sp³-hybridized carbons (Fsp3) is 0.516. The van der Waals surface area contributed by atoms with Crippen molar-refractivity contribution in [1.29, 1.82) is 5.41 Å². The molecule has 2 unspecified atom stereocenters. The SMILES string of the molecule is CCCC[C@H]1C(=O)N(C)[C@@H](CCCC)C(=O)NC(CCCNC(=N)N)C(=O)N[C@H](C(=O)NCC(N)=O)CSCC(=O)N[C@@H](Cc2ccc(O)cc2)C(=O)N(C)[C@@H](C)C(=O)N[C@@H](CC(N)=O)C(=O)N2CCC[C@H]2C(=O)N[C@@H](CN)C(=O)N[C@@H](CC(C)C)C(=O)N2C[C@H](O)CC2C(=O)N[C@@H](Cc2c[nH]c3ccccc23)C(=O)N[C@@H](CO)C(=O)N[C@@H](Cc2c(-c3ccc(OC)cc3)[nH]c3ccccc23)C(=O)N1C. The smallest absolute Gasteiger partial charge is 0.246 e. The average Bonchev–Trinajstić information content (AvgIpc) is 1.62. The number of phenols is 1. The number of methoxy groups -OCH3 is 1. The highest BCUT2D eigenvalue weighted by atomic mass is 32.2. The van der Waals surface area contributed by atoms with Crippen molar-refractivity contribution in [2.24, 2.45) is 28.9 Å². The first-order valence-corrected chi connectivity index (χ1v) is 48.0. The Kier molecular flexibility index (Phi) is 40.9. The van der Waals surface area contributed by atoms with Crippen LogP contribution in [0.1, 0.15) is 135 Å². The molecule has 6 aromatic rings. The number of aliphatic hydroxyl groups is 2. The van der Waals surface area contributed by atoms with Gasteiger partial charge in [-0.15, -0.1) is 11.8 Å². The Balaban J connectivity index is 1.12. The van der Waals surface area contributed by atoms with Crippen LogP contribution in [0.3, 0.4) is 0 Å². The number of nitrogens with two attached hydrogens (primary N) is 4. The van der Waals surface area contributed by atoms with Crippen molar-refractivity contribution in [3.05, 3.63) is 120 Å². The maximum atomic E-state index is 16.2. The fourth-order valence-corrected chi connectivity index (χ4v) is 18.2. The summed E-state index contributed by atoms with van der Waals surface area (Å²) in [6.45, 7) is 5.30. The number of aromatic amines is 2. The number of hydrogen-bond donors (Lipinski definition) is 21. The van der Waals surface area contributed by atoms with Crippen LogP contribution in [0.15, 0.2) is 103 Å². The number of nitrogens with zero attached hydrogens (tertiary/aromatic N) is 5. The predicted molar refractivity (Wildman–Crippen MR) is 519 cm³/mol. The molecule has 15 atom stereocenters. The normalized spacial score (nSPS) is 24.3. The molecular formula is C95H133N23O21S. The summed E-state index contributed by atoms with van der Waals surface area (Å²) < 4.78 is 5.50. The molecule has 0 spiro atoms. The minimum Gasteiger partial charge on any atom is -0.508 e. The lowest BCUT2D eigenvalue weighted by Crippen LogP contribution is -2.62. The number of thioether (sulfide) groups is 1. The molecule has 3 fully saturated rings. The van der Waals surface area contributed by atoms with Crippen molar-refractivity contribution in [3.63, 3.8) is 0 Å². The quantitative estimate of drug-likeness (QED) is 0.0147. The number of carbonyl (C=O) groups excluding carboxylic acids is 17. The highest BCUT2D eigenvalue weighted by Crippen LogP contribution is 2.34. The van der Waals surface area contributed by atoms with Crippen molar-refractivity contribution in [2.45, 2.75) is 228 Å². The van der Waals surface area contributed by atoms with Crippen LogP contribution in [0, 0.1) is 11.3 Å². The molecule has 2 aromatic heterocycles. The maximum Gasteiger partial charge on any atom is 0.246 e. The first-order valence-electron chi connectivity index (χ1n) is 46.9. The van der Waals surface area contributed by atoms with Crippen molar-refractivity contribution < 1.29 is 102 Å². The molecule has 4 aromatic carbocycles. The third-order valence-electron chi connectivity index (χ3n) is 25.1. The van der Waals surface area contributed by atoms with Crippen molar-refractivity contribution in [2.75, 3.05) is 79.1 Å². The van der Waals surface area contributed by atoms with Crippen LogP contribution in [0.25, 0.3) is 33.1 Å². The summed E-state index contributed by atoms with van der Waals surface area (Å²) >= 11 is 0.755. The molecule has 44 nitrogen and oxygen atoms in total. The van der Waals surface area contributed by atoms with Crippen LogP contribution in [0.4, 0.5) is 0 Å². The Labute approximate surface area is 814 Å². The van der Waals surface area contributed by atoms with Gasteiger partial charge < -0.3 is 136 Å². The molecule has 3 aliphatic rings. The summed E-state index contributed by atoms with van der Waals surface area (Å²) in [7, 11) is 5.39. The van der Waals surface area contributed by atoms with E-state index in [4.69, 9.17) is 33.1 Å². The molecule has 0 radical (unpaired) electrons. The lowest BCUT2D eigenvalue weighted by molar-refractivity contribution is -0.149. The molecule has 760 valence electrons. The number of rotatable bonds is 27. The van der Waals surface area contributed by atoms with E-state index in [2.05, 4.69) is 68.5 Å². The van der Waals surface area contributed by atoms with Gasteiger partial charge in [0.25, 0.3) is 0 Å². The zero-order valence-corrected chi connectivity index (χ0v) is 81.0. The summed E-state index contributed by atoms with van der Waals surface area (Å²) in [6.07, 6.45) is -0.675. The molecule has 3 aliphatic heterocycles. The van der Waals surface area contributed by atoms with Gasteiger partial charge in [-0.05, 0) is 129 Å². The number of aromatic nitrogens is 2. The molecule has 45 heteroatoms. The van der Waals surface area contributed by atoms with E-state index in [9.17, 15) is 58.5 Å². The molecule has 0 saturated carbocycles. The average molecular weight is 1970 g/mol. The van der Waals surface area contributed by atoms with Gasteiger partial charge in [-0.25, -0.2) is 0 Å². The Bertz CT molecular complexity index is 5430. The van der Waals surface area contributed by atoms with Crippen LogP contribution in [-0.4, -0.2) is 326 Å². The second-order valence-electron chi connectivity index (χ2n) is 35.8. The Hall–Kier alpha value is -14.0. The molecular weight excluding hydrogens is 1830 g/mol. The number of likely N-dealkylation sites (N-methyl/N-ethyl adjacent to an activating group) is 3. The first-order chi connectivity index (χ1) is 66.7. The van der Waals surface area contributed by atoms with E-state index < -0.39 is 248 Å². The molecule has 25 N–H and O–H groups in total. The van der Waals surface area contributed by atoms with Crippen LogP contribution in [-0.2, 0) is 101 Å². The van der Waals surface area contributed by atoms with Crippen LogP contribution < -0.4 is 86.2 Å². The first kappa shape index (κ1) is 110. The number of amides is 17. The Morgan fingerprint density at radius 2 is 1.14 bits per heavy atom.